The van der Waals surface area contributed by atoms with Gasteiger partial charge in [-0.15, -0.1) is 0 Å². The van der Waals surface area contributed by atoms with E-state index < -0.39 is 5.60 Å². The van der Waals surface area contributed by atoms with E-state index in [4.69, 9.17) is 21.1 Å². The van der Waals surface area contributed by atoms with Crippen molar-refractivity contribution in [3.8, 4) is 5.75 Å². The van der Waals surface area contributed by atoms with E-state index in [-0.39, 0.29) is 19.1 Å². The largest absolute Gasteiger partial charge is 0.496 e. The molecule has 1 aromatic rings. The first-order chi connectivity index (χ1) is 9.04. The summed E-state index contributed by atoms with van der Waals surface area (Å²) in [5.74, 6) is 0.108. The Bertz CT molecular complexity index is 472. The molecule has 2 N–H and O–H groups in total. The highest BCUT2D eigenvalue weighted by atomic mass is 35.5. The van der Waals surface area contributed by atoms with Crippen molar-refractivity contribution in [2.45, 2.75) is 12.0 Å². The zero-order valence-electron chi connectivity index (χ0n) is 10.6. The van der Waals surface area contributed by atoms with E-state index in [1.54, 1.807) is 12.1 Å². The summed E-state index contributed by atoms with van der Waals surface area (Å²) in [7, 11) is 1.48. The van der Waals surface area contributed by atoms with Crippen molar-refractivity contribution in [2.24, 2.45) is 0 Å². The Kier molecular flexibility index (Phi) is 4.29. The number of amides is 1. The van der Waals surface area contributed by atoms with E-state index in [0.717, 1.165) is 0 Å². The lowest BCUT2D eigenvalue weighted by Gasteiger charge is -2.21. The fourth-order valence-corrected chi connectivity index (χ4v) is 2.11. The number of methoxy groups -OCH3 is 1. The molecule has 0 bridgehead atoms. The second-order valence-corrected chi connectivity index (χ2v) is 4.99. The second kappa shape index (κ2) is 5.77. The minimum absolute atomic E-state index is 0.140. The van der Waals surface area contributed by atoms with Gasteiger partial charge >= 0.3 is 0 Å². The van der Waals surface area contributed by atoms with Crippen molar-refractivity contribution in [1.29, 1.82) is 0 Å². The van der Waals surface area contributed by atoms with E-state index in [1.165, 1.54) is 13.2 Å². The molecule has 6 heteroatoms. The molecule has 1 amide bonds. The maximum absolute atomic E-state index is 12.1. The molecule has 1 saturated heterocycles. The molecule has 0 saturated carbocycles. The van der Waals surface area contributed by atoms with Gasteiger partial charge in [-0.3, -0.25) is 4.79 Å². The molecule has 2 rings (SSSR count). The predicted octanol–water partition coefficient (Wildman–Crippen LogP) is 1.23. The van der Waals surface area contributed by atoms with Crippen molar-refractivity contribution >= 4 is 17.5 Å². The summed E-state index contributed by atoms with van der Waals surface area (Å²) in [4.78, 5) is 12.1. The number of benzene rings is 1. The van der Waals surface area contributed by atoms with Gasteiger partial charge in [-0.2, -0.15) is 0 Å². The van der Waals surface area contributed by atoms with Crippen LogP contribution in [0.1, 0.15) is 16.8 Å². The molecule has 0 radical (unpaired) electrons. The van der Waals surface area contributed by atoms with Crippen LogP contribution in [-0.2, 0) is 4.74 Å². The molecule has 1 aromatic carbocycles. The van der Waals surface area contributed by atoms with Gasteiger partial charge in [0, 0.05) is 24.6 Å². The van der Waals surface area contributed by atoms with Gasteiger partial charge in [0.2, 0.25) is 0 Å². The molecule has 1 atom stereocenters. The first kappa shape index (κ1) is 14.1. The normalized spacial score (nSPS) is 22.3. The monoisotopic (exact) mass is 285 g/mol. The molecule has 1 fully saturated rings. The first-order valence-corrected chi connectivity index (χ1v) is 6.34. The van der Waals surface area contributed by atoms with Gasteiger partial charge in [0.05, 0.1) is 19.3 Å². The highest BCUT2D eigenvalue weighted by Crippen LogP contribution is 2.23. The number of nitrogens with one attached hydrogen (secondary N) is 1. The maximum Gasteiger partial charge on any atom is 0.255 e. The lowest BCUT2D eigenvalue weighted by Crippen LogP contribution is -2.43. The standard InChI is InChI=1S/C13H16ClNO4/c1-18-11-3-2-9(14)6-10(11)12(16)15-7-13(17)4-5-19-8-13/h2-3,6,17H,4-5,7-8H2,1H3,(H,15,16). The number of halogens is 1. The van der Waals surface area contributed by atoms with E-state index in [0.29, 0.717) is 29.4 Å². The van der Waals surface area contributed by atoms with Crippen molar-refractivity contribution in [3.05, 3.63) is 28.8 Å². The molecule has 1 aliphatic heterocycles. The van der Waals surface area contributed by atoms with Gasteiger partial charge in [-0.05, 0) is 18.2 Å². The SMILES string of the molecule is COc1ccc(Cl)cc1C(=O)NCC1(O)CCOC1. The van der Waals surface area contributed by atoms with Crippen LogP contribution in [0.15, 0.2) is 18.2 Å². The Balaban J connectivity index is 2.05. The quantitative estimate of drug-likeness (QED) is 0.873. The third-order valence-corrected chi connectivity index (χ3v) is 3.30. The summed E-state index contributed by atoms with van der Waals surface area (Å²) in [5, 5.41) is 13.2. The number of carbonyl (C=O) groups excluding carboxylic acids is 1. The summed E-state index contributed by atoms with van der Waals surface area (Å²) >= 11 is 5.87. The predicted molar refractivity (Wildman–Crippen MR) is 70.7 cm³/mol. The first-order valence-electron chi connectivity index (χ1n) is 5.96. The van der Waals surface area contributed by atoms with E-state index in [1.807, 2.05) is 0 Å². The third kappa shape index (κ3) is 3.37. The van der Waals surface area contributed by atoms with E-state index in [2.05, 4.69) is 5.32 Å². The molecule has 104 valence electrons. The van der Waals surface area contributed by atoms with Gasteiger partial charge in [0.25, 0.3) is 5.91 Å². The number of hydrogen-bond acceptors (Lipinski definition) is 4. The summed E-state index contributed by atoms with van der Waals surface area (Å²) in [6.45, 7) is 0.883. The molecule has 1 unspecified atom stereocenters. The van der Waals surface area contributed by atoms with Crippen LogP contribution in [0.4, 0.5) is 0 Å². The average molecular weight is 286 g/mol. The highest BCUT2D eigenvalue weighted by Gasteiger charge is 2.32. The van der Waals surface area contributed by atoms with E-state index >= 15 is 0 Å². The lowest BCUT2D eigenvalue weighted by atomic mass is 10.0. The summed E-state index contributed by atoms with van der Waals surface area (Å²) in [6.07, 6.45) is 0.514. The fourth-order valence-electron chi connectivity index (χ4n) is 1.93. The zero-order chi connectivity index (χ0) is 13.9. The molecule has 19 heavy (non-hydrogen) atoms. The van der Waals surface area contributed by atoms with Crippen LogP contribution in [0.25, 0.3) is 0 Å². The van der Waals surface area contributed by atoms with Crippen LogP contribution >= 0.6 is 11.6 Å². The van der Waals surface area contributed by atoms with Crippen LogP contribution in [0.5, 0.6) is 5.75 Å². The topological polar surface area (TPSA) is 67.8 Å². The number of hydrogen-bond donors (Lipinski definition) is 2. The molecule has 0 spiro atoms. The molecule has 1 heterocycles. The van der Waals surface area contributed by atoms with Crippen molar-refractivity contribution in [1.82, 2.24) is 5.32 Å². The van der Waals surface area contributed by atoms with E-state index in [9.17, 15) is 9.90 Å². The summed E-state index contributed by atoms with van der Waals surface area (Å²) in [6, 6.07) is 4.81. The Labute approximate surface area is 116 Å². The summed E-state index contributed by atoms with van der Waals surface area (Å²) in [5.41, 5.74) is -0.640. The van der Waals surface area contributed by atoms with Gasteiger partial charge < -0.3 is 19.9 Å². The number of ether oxygens (including phenoxy) is 2. The Morgan fingerprint density at radius 3 is 3.05 bits per heavy atom. The molecular formula is C13H16ClNO4. The van der Waals surface area contributed by atoms with Crippen LogP contribution in [-0.4, -0.2) is 43.5 Å². The lowest BCUT2D eigenvalue weighted by molar-refractivity contribution is 0.0264. The molecular weight excluding hydrogens is 270 g/mol. The zero-order valence-corrected chi connectivity index (χ0v) is 11.4. The van der Waals surface area contributed by atoms with Crippen molar-refractivity contribution < 1.29 is 19.4 Å². The smallest absolute Gasteiger partial charge is 0.255 e. The van der Waals surface area contributed by atoms with Crippen molar-refractivity contribution in [2.75, 3.05) is 26.9 Å². The van der Waals surface area contributed by atoms with Crippen LogP contribution < -0.4 is 10.1 Å². The number of rotatable bonds is 4. The van der Waals surface area contributed by atoms with Crippen LogP contribution in [0.3, 0.4) is 0 Å². The molecule has 5 nitrogen and oxygen atoms in total. The molecule has 1 aliphatic rings. The number of carbonyl (C=O) groups is 1. The van der Waals surface area contributed by atoms with Gasteiger partial charge in [-0.1, -0.05) is 11.6 Å². The van der Waals surface area contributed by atoms with Crippen LogP contribution in [0, 0.1) is 0 Å². The Hall–Kier alpha value is -1.30. The number of aliphatic hydroxyl groups is 1. The Morgan fingerprint density at radius 2 is 2.42 bits per heavy atom. The fraction of sp³-hybridized carbons (Fsp3) is 0.462. The van der Waals surface area contributed by atoms with Gasteiger partial charge in [-0.25, -0.2) is 0 Å². The van der Waals surface area contributed by atoms with Crippen LogP contribution in [0.2, 0.25) is 5.02 Å². The average Bonchev–Trinajstić information content (AvgIpc) is 2.83. The van der Waals surface area contributed by atoms with Crippen molar-refractivity contribution in [3.63, 3.8) is 0 Å². The minimum Gasteiger partial charge on any atom is -0.496 e. The molecule has 0 aromatic heterocycles. The highest BCUT2D eigenvalue weighted by molar-refractivity contribution is 6.31. The minimum atomic E-state index is -0.985. The summed E-state index contributed by atoms with van der Waals surface area (Å²) < 4.78 is 10.2. The Morgan fingerprint density at radius 1 is 1.63 bits per heavy atom. The molecule has 0 aliphatic carbocycles. The van der Waals surface area contributed by atoms with Gasteiger partial charge in [0.15, 0.2) is 0 Å². The van der Waals surface area contributed by atoms with Gasteiger partial charge in [0.1, 0.15) is 11.4 Å². The maximum atomic E-state index is 12.1. The second-order valence-electron chi connectivity index (χ2n) is 4.55. The third-order valence-electron chi connectivity index (χ3n) is 3.07.